The summed E-state index contributed by atoms with van der Waals surface area (Å²) in [4.78, 5) is 4.49. The number of anilines is 2. The zero-order valence-corrected chi connectivity index (χ0v) is 12.6. The number of pyridine rings is 1. The van der Waals surface area contributed by atoms with Crippen molar-refractivity contribution in [3.63, 3.8) is 0 Å². The molecule has 2 aliphatic carbocycles. The highest BCUT2D eigenvalue weighted by Gasteiger charge is 2.53. The van der Waals surface area contributed by atoms with Gasteiger partial charge in [-0.2, -0.15) is 0 Å². The highest BCUT2D eigenvalue weighted by molar-refractivity contribution is 6.37. The lowest BCUT2D eigenvalue weighted by Gasteiger charge is -2.17. The van der Waals surface area contributed by atoms with Crippen molar-refractivity contribution in [1.82, 2.24) is 4.98 Å². The average molecular weight is 300 g/mol. The molecule has 2 fully saturated rings. The second-order valence-corrected chi connectivity index (χ2v) is 6.48. The summed E-state index contributed by atoms with van der Waals surface area (Å²) in [6.45, 7) is 3.80. The Morgan fingerprint density at radius 1 is 1.21 bits per heavy atom. The molecule has 5 heteroatoms. The molecule has 19 heavy (non-hydrogen) atoms. The van der Waals surface area contributed by atoms with Crippen molar-refractivity contribution < 1.29 is 0 Å². The van der Waals surface area contributed by atoms with Crippen molar-refractivity contribution in [2.24, 2.45) is 11.3 Å². The third-order valence-electron chi connectivity index (χ3n) is 4.22. The fraction of sp³-hybridized carbons (Fsp3) is 0.643. The average Bonchev–Trinajstić information content (AvgIpc) is 3.25. The summed E-state index contributed by atoms with van der Waals surface area (Å²) in [5.41, 5.74) is 0.531. The van der Waals surface area contributed by atoms with Crippen LogP contribution in [0.1, 0.15) is 32.6 Å². The topological polar surface area (TPSA) is 37.0 Å². The van der Waals surface area contributed by atoms with Crippen LogP contribution in [-0.2, 0) is 0 Å². The van der Waals surface area contributed by atoms with Crippen LogP contribution in [0.4, 0.5) is 11.6 Å². The third-order valence-corrected chi connectivity index (χ3v) is 4.79. The first kappa shape index (κ1) is 13.3. The van der Waals surface area contributed by atoms with Crippen LogP contribution in [0, 0.1) is 11.3 Å². The SMILES string of the molecule is CCNc1nc(NCC2(C3CC3)CC2)c(Cl)cc1Cl. The quantitative estimate of drug-likeness (QED) is 0.816. The van der Waals surface area contributed by atoms with Crippen molar-refractivity contribution in [2.75, 3.05) is 23.7 Å². The maximum atomic E-state index is 6.21. The van der Waals surface area contributed by atoms with Gasteiger partial charge in [-0.05, 0) is 50.0 Å². The van der Waals surface area contributed by atoms with Gasteiger partial charge in [-0.15, -0.1) is 0 Å². The molecule has 2 saturated carbocycles. The van der Waals surface area contributed by atoms with Gasteiger partial charge >= 0.3 is 0 Å². The Hall–Kier alpha value is -0.670. The smallest absolute Gasteiger partial charge is 0.147 e. The summed E-state index contributed by atoms with van der Waals surface area (Å²) in [7, 11) is 0. The lowest BCUT2D eigenvalue weighted by molar-refractivity contribution is 0.466. The van der Waals surface area contributed by atoms with Gasteiger partial charge in [0.2, 0.25) is 0 Å². The van der Waals surface area contributed by atoms with E-state index in [1.54, 1.807) is 6.07 Å². The summed E-state index contributed by atoms with van der Waals surface area (Å²) >= 11 is 12.3. The van der Waals surface area contributed by atoms with Crippen molar-refractivity contribution in [3.8, 4) is 0 Å². The van der Waals surface area contributed by atoms with Crippen molar-refractivity contribution in [1.29, 1.82) is 0 Å². The molecule has 1 aromatic rings. The van der Waals surface area contributed by atoms with Gasteiger partial charge in [-0.3, -0.25) is 0 Å². The first-order valence-corrected chi connectivity index (χ1v) is 7.74. The maximum Gasteiger partial charge on any atom is 0.147 e. The molecule has 0 atom stereocenters. The van der Waals surface area contributed by atoms with Crippen molar-refractivity contribution >= 4 is 34.8 Å². The molecule has 0 unspecified atom stereocenters. The molecule has 2 N–H and O–H groups in total. The first-order valence-electron chi connectivity index (χ1n) is 6.98. The van der Waals surface area contributed by atoms with Crippen molar-refractivity contribution in [2.45, 2.75) is 32.6 Å². The zero-order chi connectivity index (χ0) is 13.5. The molecule has 104 valence electrons. The number of hydrogen-bond donors (Lipinski definition) is 2. The van der Waals surface area contributed by atoms with E-state index in [9.17, 15) is 0 Å². The molecule has 1 aromatic heterocycles. The van der Waals surface area contributed by atoms with Crippen LogP contribution in [0.5, 0.6) is 0 Å². The van der Waals surface area contributed by atoms with Crippen molar-refractivity contribution in [3.05, 3.63) is 16.1 Å². The van der Waals surface area contributed by atoms with Crippen LogP contribution in [0.2, 0.25) is 10.0 Å². The molecular weight excluding hydrogens is 281 g/mol. The largest absolute Gasteiger partial charge is 0.369 e. The number of nitrogens with zero attached hydrogens (tertiary/aromatic N) is 1. The highest BCUT2D eigenvalue weighted by atomic mass is 35.5. The van der Waals surface area contributed by atoms with E-state index in [1.807, 2.05) is 6.92 Å². The summed E-state index contributed by atoms with van der Waals surface area (Å²) in [6.07, 6.45) is 5.48. The normalized spacial score (nSPS) is 20.2. The molecule has 0 amide bonds. The fourth-order valence-corrected chi connectivity index (χ4v) is 3.22. The van der Waals surface area contributed by atoms with E-state index >= 15 is 0 Å². The molecule has 0 aromatic carbocycles. The summed E-state index contributed by atoms with van der Waals surface area (Å²) < 4.78 is 0. The fourth-order valence-electron chi connectivity index (χ4n) is 2.73. The standard InChI is InChI=1S/C14H19Cl2N3/c1-2-17-12-10(15)7-11(16)13(19-12)18-8-14(5-6-14)9-3-4-9/h7,9H,2-6,8H2,1H3,(H2,17,18,19). The number of nitrogens with one attached hydrogen (secondary N) is 2. The predicted octanol–water partition coefficient (Wildman–Crippen LogP) is 4.42. The molecule has 1 heterocycles. The molecular formula is C14H19Cl2N3. The van der Waals surface area contributed by atoms with E-state index in [0.29, 0.717) is 21.3 Å². The van der Waals surface area contributed by atoms with Crippen LogP contribution >= 0.6 is 23.2 Å². The minimum Gasteiger partial charge on any atom is -0.369 e. The molecule has 3 nitrogen and oxygen atoms in total. The predicted molar refractivity (Wildman–Crippen MR) is 81.3 cm³/mol. The van der Waals surface area contributed by atoms with E-state index in [1.165, 1.54) is 25.7 Å². The number of rotatable bonds is 6. The van der Waals surface area contributed by atoms with Crippen LogP contribution in [0.15, 0.2) is 6.07 Å². The van der Waals surface area contributed by atoms with Gasteiger partial charge < -0.3 is 10.6 Å². The minimum atomic E-state index is 0.531. The second kappa shape index (κ2) is 5.02. The van der Waals surface area contributed by atoms with Gasteiger partial charge in [-0.1, -0.05) is 23.2 Å². The lowest BCUT2D eigenvalue weighted by Crippen LogP contribution is -2.18. The Morgan fingerprint density at radius 3 is 2.37 bits per heavy atom. The highest BCUT2D eigenvalue weighted by Crippen LogP contribution is 2.61. The Kier molecular flexibility index (Phi) is 3.52. The molecule has 2 aliphatic rings. The van der Waals surface area contributed by atoms with E-state index < -0.39 is 0 Å². The first-order chi connectivity index (χ1) is 9.14. The Balaban J connectivity index is 1.71. The molecule has 0 spiro atoms. The van der Waals surface area contributed by atoms with E-state index in [-0.39, 0.29) is 0 Å². The monoisotopic (exact) mass is 299 g/mol. The van der Waals surface area contributed by atoms with E-state index in [2.05, 4.69) is 15.6 Å². The van der Waals surface area contributed by atoms with Crippen LogP contribution in [0.3, 0.4) is 0 Å². The third kappa shape index (κ3) is 2.77. The summed E-state index contributed by atoms with van der Waals surface area (Å²) in [6, 6.07) is 1.76. The van der Waals surface area contributed by atoms with Crippen LogP contribution in [0.25, 0.3) is 0 Å². The summed E-state index contributed by atoms with van der Waals surface area (Å²) in [5.74, 6) is 2.38. The zero-order valence-electron chi connectivity index (χ0n) is 11.1. The Morgan fingerprint density at radius 2 is 1.84 bits per heavy atom. The number of hydrogen-bond acceptors (Lipinski definition) is 3. The van der Waals surface area contributed by atoms with Gasteiger partial charge in [-0.25, -0.2) is 4.98 Å². The molecule has 0 aliphatic heterocycles. The van der Waals surface area contributed by atoms with Gasteiger partial charge in [0.1, 0.15) is 11.6 Å². The molecule has 0 radical (unpaired) electrons. The Labute approximate surface area is 124 Å². The van der Waals surface area contributed by atoms with Crippen LogP contribution in [-0.4, -0.2) is 18.1 Å². The Bertz CT molecular complexity index is 482. The number of aromatic nitrogens is 1. The van der Waals surface area contributed by atoms with Gasteiger partial charge in [0.05, 0.1) is 10.0 Å². The van der Waals surface area contributed by atoms with Crippen LogP contribution < -0.4 is 10.6 Å². The van der Waals surface area contributed by atoms with Gasteiger partial charge in [0.25, 0.3) is 0 Å². The van der Waals surface area contributed by atoms with E-state index in [4.69, 9.17) is 23.2 Å². The number of halogens is 2. The maximum absolute atomic E-state index is 6.21. The minimum absolute atomic E-state index is 0.531. The lowest BCUT2D eigenvalue weighted by atomic mass is 10.0. The second-order valence-electron chi connectivity index (χ2n) is 5.67. The van der Waals surface area contributed by atoms with E-state index in [0.717, 1.165) is 24.8 Å². The molecule has 3 rings (SSSR count). The summed E-state index contributed by atoms with van der Waals surface area (Å²) in [5, 5.41) is 7.74. The molecule has 0 saturated heterocycles. The van der Waals surface area contributed by atoms with Gasteiger partial charge in [0, 0.05) is 13.1 Å². The van der Waals surface area contributed by atoms with Gasteiger partial charge in [0.15, 0.2) is 0 Å². The molecule has 0 bridgehead atoms.